The Hall–Kier alpha value is -3.81. The summed E-state index contributed by atoms with van der Waals surface area (Å²) in [6, 6.07) is 10.4. The zero-order chi connectivity index (χ0) is 20.4. The van der Waals surface area contributed by atoms with E-state index in [2.05, 4.69) is 20.5 Å². The van der Waals surface area contributed by atoms with Crippen LogP contribution in [-0.4, -0.2) is 28.2 Å². The number of ether oxygens (including phenoxy) is 1. The Morgan fingerprint density at radius 3 is 2.83 bits per heavy atom. The summed E-state index contributed by atoms with van der Waals surface area (Å²) in [5, 5.41) is 10.2. The van der Waals surface area contributed by atoms with Crippen molar-refractivity contribution in [2.75, 3.05) is 7.11 Å². The van der Waals surface area contributed by atoms with Gasteiger partial charge in [-0.15, -0.1) is 0 Å². The molecule has 0 fully saturated rings. The molecular weight excluding hydrogens is 378 g/mol. The Morgan fingerprint density at radius 1 is 1.17 bits per heavy atom. The van der Waals surface area contributed by atoms with Crippen LogP contribution in [0.15, 0.2) is 54.9 Å². The maximum absolute atomic E-state index is 14.5. The molecule has 0 aliphatic heterocycles. The van der Waals surface area contributed by atoms with E-state index in [1.807, 2.05) is 0 Å². The lowest BCUT2D eigenvalue weighted by Crippen LogP contribution is -2.23. The number of carbonyl (C=O) groups is 1. The number of aromatic amines is 1. The monoisotopic (exact) mass is 394 g/mol. The van der Waals surface area contributed by atoms with Crippen molar-refractivity contribution in [2.24, 2.45) is 0 Å². The van der Waals surface area contributed by atoms with E-state index in [0.29, 0.717) is 33.5 Å². The van der Waals surface area contributed by atoms with Crippen LogP contribution in [-0.2, 0) is 6.54 Å². The van der Waals surface area contributed by atoms with Crippen molar-refractivity contribution in [1.29, 1.82) is 0 Å². The van der Waals surface area contributed by atoms with Gasteiger partial charge in [0.15, 0.2) is 0 Å². The molecule has 4 aromatic rings. The Morgan fingerprint density at radius 2 is 2.03 bits per heavy atom. The highest BCUT2D eigenvalue weighted by molar-refractivity contribution is 5.95. The largest absolute Gasteiger partial charge is 0.495 e. The van der Waals surface area contributed by atoms with Crippen LogP contribution in [0, 0.1) is 11.6 Å². The quantitative estimate of drug-likeness (QED) is 0.539. The third kappa shape index (κ3) is 3.77. The average molecular weight is 394 g/mol. The zero-order valence-electron chi connectivity index (χ0n) is 15.4. The zero-order valence-corrected chi connectivity index (χ0v) is 15.4. The van der Waals surface area contributed by atoms with Crippen molar-refractivity contribution in [2.45, 2.75) is 6.54 Å². The van der Waals surface area contributed by atoms with E-state index in [1.165, 1.54) is 37.7 Å². The highest BCUT2D eigenvalue weighted by Crippen LogP contribution is 2.28. The molecule has 4 rings (SSSR count). The summed E-state index contributed by atoms with van der Waals surface area (Å²) in [5.41, 5.74) is 2.13. The number of nitrogens with one attached hydrogen (secondary N) is 2. The van der Waals surface area contributed by atoms with Gasteiger partial charge in [-0.1, -0.05) is 12.1 Å². The number of benzene rings is 2. The lowest BCUT2D eigenvalue weighted by atomic mass is 10.0. The van der Waals surface area contributed by atoms with Crippen molar-refractivity contribution in [3.63, 3.8) is 0 Å². The fourth-order valence-corrected chi connectivity index (χ4v) is 3.01. The molecule has 0 atom stereocenters. The fourth-order valence-electron chi connectivity index (χ4n) is 3.01. The predicted molar refractivity (Wildman–Crippen MR) is 103 cm³/mol. The number of H-pyrrole nitrogens is 1. The van der Waals surface area contributed by atoms with E-state index < -0.39 is 11.7 Å². The van der Waals surface area contributed by atoms with Crippen molar-refractivity contribution in [1.82, 2.24) is 20.5 Å². The van der Waals surface area contributed by atoms with Crippen LogP contribution >= 0.6 is 0 Å². The van der Waals surface area contributed by atoms with E-state index in [1.54, 1.807) is 24.3 Å². The molecule has 2 heterocycles. The van der Waals surface area contributed by atoms with Gasteiger partial charge >= 0.3 is 0 Å². The number of halogens is 2. The summed E-state index contributed by atoms with van der Waals surface area (Å²) < 4.78 is 33.1. The van der Waals surface area contributed by atoms with Crippen LogP contribution in [0.5, 0.6) is 5.75 Å². The van der Waals surface area contributed by atoms with E-state index >= 15 is 0 Å². The summed E-state index contributed by atoms with van der Waals surface area (Å²) in [6.45, 7) is -0.0361. The molecule has 146 valence electrons. The first-order valence-corrected chi connectivity index (χ1v) is 8.75. The molecule has 8 heteroatoms. The number of amides is 1. The number of pyridine rings is 1. The second kappa shape index (κ2) is 7.67. The highest BCUT2D eigenvalue weighted by Gasteiger charge is 2.14. The first-order valence-electron chi connectivity index (χ1n) is 8.75. The standard InChI is InChI=1S/C21H16F2N4O2/c1-29-16-6-14(9-24-11-16)21(28)25-10-13-7-17-19(8-18(13)23)26-27-20(17)12-3-2-4-15(22)5-12/h2-9,11H,10H2,1H3,(H,25,28)(H,26,27). The number of hydrogen-bond acceptors (Lipinski definition) is 4. The second-order valence-electron chi connectivity index (χ2n) is 6.37. The van der Waals surface area contributed by atoms with E-state index in [-0.39, 0.29) is 17.9 Å². The summed E-state index contributed by atoms with van der Waals surface area (Å²) in [7, 11) is 1.48. The number of rotatable bonds is 5. The van der Waals surface area contributed by atoms with Gasteiger partial charge in [0.05, 0.1) is 24.4 Å². The van der Waals surface area contributed by atoms with Crippen LogP contribution in [0.2, 0.25) is 0 Å². The Labute approximate surface area is 164 Å². The number of carbonyl (C=O) groups excluding carboxylic acids is 1. The average Bonchev–Trinajstić information content (AvgIpc) is 3.14. The molecule has 0 saturated heterocycles. The first-order chi connectivity index (χ1) is 14.0. The predicted octanol–water partition coefficient (Wildman–Crippen LogP) is 3.84. The van der Waals surface area contributed by atoms with Gasteiger partial charge in [-0.05, 0) is 30.3 Å². The molecule has 0 spiro atoms. The van der Waals surface area contributed by atoms with Crippen molar-refractivity contribution in [3.05, 3.63) is 77.6 Å². The van der Waals surface area contributed by atoms with Crippen molar-refractivity contribution < 1.29 is 18.3 Å². The molecule has 0 unspecified atom stereocenters. The lowest BCUT2D eigenvalue weighted by Gasteiger charge is -2.08. The molecule has 2 N–H and O–H groups in total. The molecule has 0 bridgehead atoms. The van der Waals surface area contributed by atoms with Gasteiger partial charge in [0.1, 0.15) is 23.1 Å². The Kier molecular flexibility index (Phi) is 4.90. The van der Waals surface area contributed by atoms with Gasteiger partial charge in [-0.2, -0.15) is 5.10 Å². The lowest BCUT2D eigenvalue weighted by molar-refractivity contribution is 0.0950. The minimum Gasteiger partial charge on any atom is -0.495 e. The molecule has 0 aliphatic rings. The maximum Gasteiger partial charge on any atom is 0.253 e. The number of nitrogens with zero attached hydrogens (tertiary/aromatic N) is 2. The molecular formula is C21H16F2N4O2. The van der Waals surface area contributed by atoms with Gasteiger partial charge in [0.25, 0.3) is 5.91 Å². The molecule has 1 amide bonds. The Bertz CT molecular complexity index is 1210. The van der Waals surface area contributed by atoms with E-state index in [0.717, 1.165) is 0 Å². The SMILES string of the molecule is COc1cncc(C(=O)NCc2cc3c(-c4cccc(F)c4)n[nH]c3cc2F)c1. The second-order valence-corrected chi connectivity index (χ2v) is 6.37. The normalized spacial score (nSPS) is 10.9. The number of fused-ring (bicyclic) bond motifs is 1. The molecule has 0 radical (unpaired) electrons. The van der Waals surface area contributed by atoms with Crippen LogP contribution in [0.25, 0.3) is 22.2 Å². The fraction of sp³-hybridized carbons (Fsp3) is 0.0952. The molecule has 0 saturated carbocycles. The summed E-state index contributed by atoms with van der Waals surface area (Å²) in [5.74, 6) is -0.840. The maximum atomic E-state index is 14.5. The summed E-state index contributed by atoms with van der Waals surface area (Å²) in [6.07, 6.45) is 2.88. The van der Waals surface area contributed by atoms with Gasteiger partial charge in [-0.3, -0.25) is 14.9 Å². The van der Waals surface area contributed by atoms with Crippen LogP contribution in [0.1, 0.15) is 15.9 Å². The van der Waals surface area contributed by atoms with Crippen molar-refractivity contribution in [3.8, 4) is 17.0 Å². The van der Waals surface area contributed by atoms with Crippen LogP contribution < -0.4 is 10.1 Å². The molecule has 29 heavy (non-hydrogen) atoms. The first kappa shape index (κ1) is 18.5. The highest BCUT2D eigenvalue weighted by atomic mass is 19.1. The topological polar surface area (TPSA) is 79.9 Å². The Balaban J connectivity index is 1.61. The minimum atomic E-state index is -0.490. The number of methoxy groups -OCH3 is 1. The molecule has 2 aromatic carbocycles. The third-order valence-electron chi connectivity index (χ3n) is 4.48. The van der Waals surface area contributed by atoms with E-state index in [4.69, 9.17) is 4.74 Å². The smallest absolute Gasteiger partial charge is 0.253 e. The van der Waals surface area contributed by atoms with Gasteiger partial charge in [-0.25, -0.2) is 8.78 Å². The number of aromatic nitrogens is 3. The molecule has 6 nitrogen and oxygen atoms in total. The summed E-state index contributed by atoms with van der Waals surface area (Å²) in [4.78, 5) is 16.3. The van der Waals surface area contributed by atoms with E-state index in [9.17, 15) is 13.6 Å². The molecule has 2 aromatic heterocycles. The number of hydrogen-bond donors (Lipinski definition) is 2. The third-order valence-corrected chi connectivity index (χ3v) is 4.48. The van der Waals surface area contributed by atoms with Gasteiger partial charge < -0.3 is 10.1 Å². The van der Waals surface area contributed by atoms with Gasteiger partial charge in [0, 0.05) is 29.3 Å². The van der Waals surface area contributed by atoms with Crippen molar-refractivity contribution >= 4 is 16.8 Å². The van der Waals surface area contributed by atoms with Crippen LogP contribution in [0.4, 0.5) is 8.78 Å². The summed E-state index contributed by atoms with van der Waals surface area (Å²) >= 11 is 0. The van der Waals surface area contributed by atoms with Crippen LogP contribution in [0.3, 0.4) is 0 Å². The minimum absolute atomic E-state index is 0.0361. The molecule has 0 aliphatic carbocycles. The van der Waals surface area contributed by atoms with Gasteiger partial charge in [0.2, 0.25) is 0 Å².